The lowest BCUT2D eigenvalue weighted by Crippen LogP contribution is -2.40. The van der Waals surface area contributed by atoms with Crippen molar-refractivity contribution in [3.63, 3.8) is 0 Å². The summed E-state index contributed by atoms with van der Waals surface area (Å²) in [5, 5.41) is 3.48. The van der Waals surface area contributed by atoms with Gasteiger partial charge in [0.05, 0.1) is 19.7 Å². The molecule has 0 saturated carbocycles. The van der Waals surface area contributed by atoms with Gasteiger partial charge in [0, 0.05) is 19.6 Å². The summed E-state index contributed by atoms with van der Waals surface area (Å²) in [5.41, 5.74) is 1.34. The highest BCUT2D eigenvalue weighted by molar-refractivity contribution is 14.0. The molecule has 2 aliphatic rings. The van der Waals surface area contributed by atoms with Crippen LogP contribution in [0.1, 0.15) is 44.2 Å². The smallest absolute Gasteiger partial charge is 0.193 e. The Morgan fingerprint density at radius 2 is 1.69 bits per heavy atom. The predicted octanol–water partition coefficient (Wildman–Crippen LogP) is 3.51. The summed E-state index contributed by atoms with van der Waals surface area (Å²) in [7, 11) is 1.72. The third-order valence-corrected chi connectivity index (χ3v) is 5.24. The molecule has 2 fully saturated rings. The van der Waals surface area contributed by atoms with Gasteiger partial charge in [-0.1, -0.05) is 12.1 Å². The first-order chi connectivity index (χ1) is 12.3. The van der Waals surface area contributed by atoms with Crippen molar-refractivity contribution in [3.05, 3.63) is 29.8 Å². The van der Waals surface area contributed by atoms with Crippen molar-refractivity contribution >= 4 is 29.9 Å². The molecular weight excluding hydrogens is 439 g/mol. The summed E-state index contributed by atoms with van der Waals surface area (Å²) >= 11 is 0. The molecule has 0 amide bonds. The fourth-order valence-corrected chi connectivity index (χ4v) is 3.84. The first-order valence-corrected chi connectivity index (χ1v) is 9.73. The van der Waals surface area contributed by atoms with Crippen LogP contribution in [0.15, 0.2) is 29.3 Å². The standard InChI is InChI=1S/C20H32N4O.HI/c1-3-21-20(24-14-6-7-15-24)22-16-19(23-12-4-5-13-23)17-8-10-18(25-2)11-9-17;/h8-11,19H,3-7,12-16H2,1-2H3,(H,21,22);1H. The van der Waals surface area contributed by atoms with Crippen molar-refractivity contribution in [3.8, 4) is 5.75 Å². The molecule has 2 heterocycles. The van der Waals surface area contributed by atoms with Gasteiger partial charge in [-0.2, -0.15) is 0 Å². The molecule has 1 N–H and O–H groups in total. The van der Waals surface area contributed by atoms with Crippen LogP contribution in [0.2, 0.25) is 0 Å². The van der Waals surface area contributed by atoms with Crippen LogP contribution in [0.25, 0.3) is 0 Å². The van der Waals surface area contributed by atoms with Crippen molar-refractivity contribution in [2.45, 2.75) is 38.6 Å². The van der Waals surface area contributed by atoms with Crippen LogP contribution in [0, 0.1) is 0 Å². The van der Waals surface area contributed by atoms with Gasteiger partial charge < -0.3 is 15.0 Å². The quantitative estimate of drug-likeness (QED) is 0.391. The van der Waals surface area contributed by atoms with Crippen LogP contribution < -0.4 is 10.1 Å². The molecule has 1 unspecified atom stereocenters. The molecule has 0 aromatic heterocycles. The minimum atomic E-state index is 0. The van der Waals surface area contributed by atoms with E-state index in [-0.39, 0.29) is 24.0 Å². The average Bonchev–Trinajstić information content (AvgIpc) is 3.35. The van der Waals surface area contributed by atoms with Crippen molar-refractivity contribution in [2.24, 2.45) is 4.99 Å². The molecule has 0 spiro atoms. The monoisotopic (exact) mass is 472 g/mol. The van der Waals surface area contributed by atoms with Crippen molar-refractivity contribution in [1.82, 2.24) is 15.1 Å². The van der Waals surface area contributed by atoms with Crippen molar-refractivity contribution < 1.29 is 4.74 Å². The fraction of sp³-hybridized carbons (Fsp3) is 0.650. The maximum absolute atomic E-state index is 5.31. The topological polar surface area (TPSA) is 40.1 Å². The van der Waals surface area contributed by atoms with E-state index in [9.17, 15) is 0 Å². The Morgan fingerprint density at radius 3 is 2.27 bits per heavy atom. The molecular formula is C20H33IN4O. The molecule has 3 rings (SSSR count). The molecule has 1 atom stereocenters. The Morgan fingerprint density at radius 1 is 1.08 bits per heavy atom. The van der Waals surface area contributed by atoms with E-state index < -0.39 is 0 Å². The number of guanidine groups is 1. The summed E-state index contributed by atoms with van der Waals surface area (Å²) in [4.78, 5) is 10.0. The highest BCUT2D eigenvalue weighted by Crippen LogP contribution is 2.27. The number of nitrogens with zero attached hydrogens (tertiary/aromatic N) is 3. The molecule has 5 nitrogen and oxygen atoms in total. The third-order valence-electron chi connectivity index (χ3n) is 5.24. The predicted molar refractivity (Wildman–Crippen MR) is 119 cm³/mol. The lowest BCUT2D eigenvalue weighted by molar-refractivity contribution is 0.251. The summed E-state index contributed by atoms with van der Waals surface area (Å²) < 4.78 is 5.31. The molecule has 146 valence electrons. The highest BCUT2D eigenvalue weighted by Gasteiger charge is 2.24. The minimum absolute atomic E-state index is 0. The Labute approximate surface area is 175 Å². The van der Waals surface area contributed by atoms with Crippen LogP contribution in [0.3, 0.4) is 0 Å². The summed E-state index contributed by atoms with van der Waals surface area (Å²) in [6, 6.07) is 8.87. The maximum atomic E-state index is 5.31. The number of nitrogens with one attached hydrogen (secondary N) is 1. The van der Waals surface area contributed by atoms with E-state index >= 15 is 0 Å². The van der Waals surface area contributed by atoms with Gasteiger partial charge in [0.1, 0.15) is 5.75 Å². The van der Waals surface area contributed by atoms with Crippen LogP contribution >= 0.6 is 24.0 Å². The normalized spacial score (nSPS) is 19.3. The highest BCUT2D eigenvalue weighted by atomic mass is 127. The lowest BCUT2D eigenvalue weighted by Gasteiger charge is -2.28. The molecule has 26 heavy (non-hydrogen) atoms. The Kier molecular flexibility index (Phi) is 8.98. The molecule has 0 aliphatic carbocycles. The van der Waals surface area contributed by atoms with Gasteiger partial charge in [-0.05, 0) is 63.4 Å². The zero-order valence-electron chi connectivity index (χ0n) is 16.1. The Bertz CT molecular complexity index is 551. The molecule has 2 aliphatic heterocycles. The van der Waals surface area contributed by atoms with Gasteiger partial charge >= 0.3 is 0 Å². The van der Waals surface area contributed by atoms with Crippen LogP contribution in [0.4, 0.5) is 0 Å². The SMILES string of the molecule is CCNC(=NCC(c1ccc(OC)cc1)N1CCCC1)N1CCCC1.I. The van der Waals surface area contributed by atoms with E-state index in [1.54, 1.807) is 7.11 Å². The number of hydrogen-bond acceptors (Lipinski definition) is 3. The second kappa shape index (κ2) is 11.0. The van der Waals surface area contributed by atoms with Gasteiger partial charge in [0.15, 0.2) is 5.96 Å². The zero-order chi connectivity index (χ0) is 17.5. The Hall–Kier alpha value is -1.02. The maximum Gasteiger partial charge on any atom is 0.193 e. The summed E-state index contributed by atoms with van der Waals surface area (Å²) in [6.07, 6.45) is 5.14. The largest absolute Gasteiger partial charge is 0.497 e. The molecule has 6 heteroatoms. The minimum Gasteiger partial charge on any atom is -0.497 e. The van der Waals surface area contributed by atoms with Crippen molar-refractivity contribution in [1.29, 1.82) is 0 Å². The van der Waals surface area contributed by atoms with Gasteiger partial charge in [0.25, 0.3) is 0 Å². The second-order valence-corrected chi connectivity index (χ2v) is 6.92. The number of likely N-dealkylation sites (tertiary alicyclic amines) is 2. The number of hydrogen-bond donors (Lipinski definition) is 1. The van der Waals surface area contributed by atoms with Gasteiger partial charge in [0.2, 0.25) is 0 Å². The summed E-state index contributed by atoms with van der Waals surface area (Å²) in [5.74, 6) is 2.00. The van der Waals surface area contributed by atoms with E-state index in [1.807, 2.05) is 0 Å². The zero-order valence-corrected chi connectivity index (χ0v) is 18.4. The number of rotatable bonds is 6. The fourth-order valence-electron chi connectivity index (χ4n) is 3.84. The van der Waals surface area contributed by atoms with E-state index in [0.717, 1.165) is 37.9 Å². The molecule has 2 saturated heterocycles. The Balaban J connectivity index is 0.00000243. The molecule has 0 bridgehead atoms. The number of methoxy groups -OCH3 is 1. The van der Waals surface area contributed by atoms with E-state index in [4.69, 9.17) is 9.73 Å². The van der Waals surface area contributed by atoms with Crippen molar-refractivity contribution in [2.75, 3.05) is 46.4 Å². The van der Waals surface area contributed by atoms with Gasteiger partial charge in [-0.3, -0.25) is 9.89 Å². The van der Waals surface area contributed by atoms with Crippen LogP contribution in [0.5, 0.6) is 5.75 Å². The van der Waals surface area contributed by atoms with Crippen LogP contribution in [-0.2, 0) is 0 Å². The second-order valence-electron chi connectivity index (χ2n) is 6.92. The average molecular weight is 472 g/mol. The number of benzene rings is 1. The van der Waals surface area contributed by atoms with E-state index in [0.29, 0.717) is 6.04 Å². The molecule has 1 aromatic carbocycles. The van der Waals surface area contributed by atoms with Gasteiger partial charge in [-0.15, -0.1) is 24.0 Å². The summed E-state index contributed by atoms with van der Waals surface area (Å²) in [6.45, 7) is 8.48. The lowest BCUT2D eigenvalue weighted by atomic mass is 10.1. The molecule has 1 aromatic rings. The molecule has 0 radical (unpaired) electrons. The first-order valence-electron chi connectivity index (χ1n) is 9.73. The number of aliphatic imine (C=N–C) groups is 1. The number of halogens is 1. The number of ether oxygens (including phenoxy) is 1. The van der Waals surface area contributed by atoms with Crippen LogP contribution in [-0.4, -0.2) is 62.1 Å². The first kappa shape index (κ1) is 21.3. The third kappa shape index (κ3) is 5.49. The van der Waals surface area contributed by atoms with E-state index in [2.05, 4.69) is 46.3 Å². The van der Waals surface area contributed by atoms with E-state index in [1.165, 1.54) is 44.3 Å². The van der Waals surface area contributed by atoms with Gasteiger partial charge in [-0.25, -0.2) is 0 Å².